The molecule has 1 unspecified atom stereocenters. The van der Waals surface area contributed by atoms with Crippen LogP contribution < -0.4 is 0 Å². The first kappa shape index (κ1) is 11.5. The van der Waals surface area contributed by atoms with Crippen LogP contribution in [0.25, 0.3) is 0 Å². The smallest absolute Gasteiger partial charge is 0.0874 e. The molecule has 1 atom stereocenters. The molecule has 0 radical (unpaired) electrons. The van der Waals surface area contributed by atoms with Crippen LogP contribution in [0.4, 0.5) is 0 Å². The lowest BCUT2D eigenvalue weighted by molar-refractivity contribution is -0.0920. The second-order valence-electron chi connectivity index (χ2n) is 3.78. The molecule has 1 aliphatic rings. The van der Waals surface area contributed by atoms with Crippen LogP contribution in [0.5, 0.6) is 0 Å². The first-order chi connectivity index (χ1) is 6.79. The van der Waals surface area contributed by atoms with Gasteiger partial charge in [-0.05, 0) is 32.3 Å². The van der Waals surface area contributed by atoms with Gasteiger partial charge in [-0.3, -0.25) is 0 Å². The van der Waals surface area contributed by atoms with E-state index in [1.165, 1.54) is 5.57 Å². The van der Waals surface area contributed by atoms with Crippen LogP contribution in [-0.2, 0) is 14.2 Å². The standard InChI is InChI=1S/C11H20O3/c1-10(2)8-12-5-3-4-11-9-13-6-7-14-11/h8,11H,3-7,9H2,1-2H3. The summed E-state index contributed by atoms with van der Waals surface area (Å²) in [7, 11) is 0. The lowest BCUT2D eigenvalue weighted by atomic mass is 10.2. The zero-order chi connectivity index (χ0) is 10.2. The summed E-state index contributed by atoms with van der Waals surface area (Å²) in [5, 5.41) is 0. The van der Waals surface area contributed by atoms with Gasteiger partial charge in [-0.2, -0.15) is 0 Å². The maximum absolute atomic E-state index is 5.51. The average molecular weight is 200 g/mol. The summed E-state index contributed by atoms with van der Waals surface area (Å²) in [5.41, 5.74) is 1.20. The molecule has 14 heavy (non-hydrogen) atoms. The summed E-state index contributed by atoms with van der Waals surface area (Å²) in [6.45, 7) is 7.04. The molecule has 3 nitrogen and oxygen atoms in total. The van der Waals surface area contributed by atoms with E-state index in [0.717, 1.165) is 39.3 Å². The molecule has 1 aliphatic heterocycles. The van der Waals surface area contributed by atoms with Crippen LogP contribution in [0.15, 0.2) is 11.8 Å². The van der Waals surface area contributed by atoms with E-state index in [1.54, 1.807) is 6.26 Å². The van der Waals surface area contributed by atoms with Gasteiger partial charge in [0.05, 0.1) is 38.8 Å². The van der Waals surface area contributed by atoms with Gasteiger partial charge in [0, 0.05) is 0 Å². The van der Waals surface area contributed by atoms with E-state index >= 15 is 0 Å². The van der Waals surface area contributed by atoms with Gasteiger partial charge >= 0.3 is 0 Å². The largest absolute Gasteiger partial charge is 0.501 e. The lowest BCUT2D eigenvalue weighted by Gasteiger charge is -2.22. The summed E-state index contributed by atoms with van der Waals surface area (Å²) in [6.07, 6.45) is 4.13. The van der Waals surface area contributed by atoms with Crippen LogP contribution in [0.2, 0.25) is 0 Å². The summed E-state index contributed by atoms with van der Waals surface area (Å²) in [4.78, 5) is 0. The molecule has 0 spiro atoms. The van der Waals surface area contributed by atoms with Crippen molar-refractivity contribution in [1.82, 2.24) is 0 Å². The molecule has 3 heteroatoms. The quantitative estimate of drug-likeness (QED) is 0.502. The van der Waals surface area contributed by atoms with E-state index in [1.807, 2.05) is 13.8 Å². The monoisotopic (exact) mass is 200 g/mol. The predicted octanol–water partition coefficient (Wildman–Crippen LogP) is 2.12. The second kappa shape index (κ2) is 6.85. The van der Waals surface area contributed by atoms with Crippen molar-refractivity contribution < 1.29 is 14.2 Å². The fourth-order valence-corrected chi connectivity index (χ4v) is 1.32. The summed E-state index contributed by atoms with van der Waals surface area (Å²) >= 11 is 0. The van der Waals surface area contributed by atoms with Crippen LogP contribution in [-0.4, -0.2) is 32.5 Å². The zero-order valence-electron chi connectivity index (χ0n) is 9.12. The molecule has 1 fully saturated rings. The molecule has 0 bridgehead atoms. The SMILES string of the molecule is CC(C)=COCCCC1COCCO1. The minimum absolute atomic E-state index is 0.277. The average Bonchev–Trinajstić information content (AvgIpc) is 2.18. The lowest BCUT2D eigenvalue weighted by Crippen LogP contribution is -2.28. The minimum atomic E-state index is 0.277. The fourth-order valence-electron chi connectivity index (χ4n) is 1.32. The Morgan fingerprint density at radius 2 is 2.29 bits per heavy atom. The highest BCUT2D eigenvalue weighted by atomic mass is 16.6. The molecular formula is C11H20O3. The summed E-state index contributed by atoms with van der Waals surface area (Å²) < 4.78 is 16.1. The maximum atomic E-state index is 5.51. The van der Waals surface area contributed by atoms with Gasteiger partial charge in [-0.1, -0.05) is 0 Å². The van der Waals surface area contributed by atoms with Crippen molar-refractivity contribution in [3.05, 3.63) is 11.8 Å². The second-order valence-corrected chi connectivity index (χ2v) is 3.78. The number of hydrogen-bond donors (Lipinski definition) is 0. The summed E-state index contributed by atoms with van der Waals surface area (Å²) in [6, 6.07) is 0. The van der Waals surface area contributed by atoms with Crippen molar-refractivity contribution in [1.29, 1.82) is 0 Å². The maximum Gasteiger partial charge on any atom is 0.0874 e. The molecule has 1 rings (SSSR count). The molecule has 0 aliphatic carbocycles. The Morgan fingerprint density at radius 3 is 2.93 bits per heavy atom. The van der Waals surface area contributed by atoms with Gasteiger partial charge in [0.15, 0.2) is 0 Å². The molecule has 0 aromatic carbocycles. The van der Waals surface area contributed by atoms with Crippen molar-refractivity contribution in [2.75, 3.05) is 26.4 Å². The molecule has 0 saturated carbocycles. The molecule has 1 heterocycles. The van der Waals surface area contributed by atoms with E-state index in [0.29, 0.717) is 0 Å². The number of rotatable bonds is 5. The number of ether oxygens (including phenoxy) is 3. The van der Waals surface area contributed by atoms with Crippen LogP contribution in [0.1, 0.15) is 26.7 Å². The van der Waals surface area contributed by atoms with Gasteiger partial charge in [0.25, 0.3) is 0 Å². The van der Waals surface area contributed by atoms with Gasteiger partial charge < -0.3 is 14.2 Å². The van der Waals surface area contributed by atoms with Crippen LogP contribution >= 0.6 is 0 Å². The Labute approximate surface area is 86.0 Å². The molecule has 0 aromatic heterocycles. The highest BCUT2D eigenvalue weighted by Crippen LogP contribution is 2.07. The normalized spacial score (nSPS) is 21.7. The first-order valence-corrected chi connectivity index (χ1v) is 5.23. The van der Waals surface area contributed by atoms with Crippen molar-refractivity contribution in [3.63, 3.8) is 0 Å². The van der Waals surface area contributed by atoms with E-state index in [9.17, 15) is 0 Å². The number of allylic oxidation sites excluding steroid dienone is 1. The zero-order valence-corrected chi connectivity index (χ0v) is 9.12. The molecule has 0 aromatic rings. The van der Waals surface area contributed by atoms with E-state index in [-0.39, 0.29) is 6.10 Å². The topological polar surface area (TPSA) is 27.7 Å². The Hall–Kier alpha value is -0.540. The van der Waals surface area contributed by atoms with Gasteiger partial charge in [0.2, 0.25) is 0 Å². The molecule has 1 saturated heterocycles. The Balaban J connectivity index is 1.95. The minimum Gasteiger partial charge on any atom is -0.501 e. The Morgan fingerprint density at radius 1 is 1.43 bits per heavy atom. The highest BCUT2D eigenvalue weighted by molar-refractivity contribution is 4.86. The molecule has 0 N–H and O–H groups in total. The highest BCUT2D eigenvalue weighted by Gasteiger charge is 2.13. The Kier molecular flexibility index (Phi) is 5.64. The fraction of sp³-hybridized carbons (Fsp3) is 0.818. The van der Waals surface area contributed by atoms with E-state index in [4.69, 9.17) is 14.2 Å². The third kappa shape index (κ3) is 5.25. The van der Waals surface area contributed by atoms with Crippen LogP contribution in [0.3, 0.4) is 0 Å². The van der Waals surface area contributed by atoms with Crippen molar-refractivity contribution >= 4 is 0 Å². The third-order valence-corrected chi connectivity index (χ3v) is 1.99. The Bertz CT molecular complexity index is 167. The molecular weight excluding hydrogens is 180 g/mol. The molecule has 82 valence electrons. The van der Waals surface area contributed by atoms with E-state index in [2.05, 4.69) is 0 Å². The number of hydrogen-bond acceptors (Lipinski definition) is 3. The third-order valence-electron chi connectivity index (χ3n) is 1.99. The van der Waals surface area contributed by atoms with Gasteiger partial charge in [-0.15, -0.1) is 0 Å². The van der Waals surface area contributed by atoms with E-state index < -0.39 is 0 Å². The van der Waals surface area contributed by atoms with Gasteiger partial charge in [-0.25, -0.2) is 0 Å². The molecule has 0 amide bonds. The van der Waals surface area contributed by atoms with Crippen LogP contribution in [0, 0.1) is 0 Å². The van der Waals surface area contributed by atoms with Crippen molar-refractivity contribution in [2.24, 2.45) is 0 Å². The first-order valence-electron chi connectivity index (χ1n) is 5.23. The predicted molar refractivity (Wildman–Crippen MR) is 55.2 cm³/mol. The summed E-state index contributed by atoms with van der Waals surface area (Å²) in [5.74, 6) is 0. The van der Waals surface area contributed by atoms with Gasteiger partial charge in [0.1, 0.15) is 0 Å². The van der Waals surface area contributed by atoms with Crippen molar-refractivity contribution in [3.8, 4) is 0 Å². The van der Waals surface area contributed by atoms with Crippen molar-refractivity contribution in [2.45, 2.75) is 32.8 Å².